The summed E-state index contributed by atoms with van der Waals surface area (Å²) in [6, 6.07) is 10.4. The smallest absolute Gasteiger partial charge is 0.251 e. The minimum absolute atomic E-state index is 0.0568. The number of alkyl halides is 2. The number of rotatable bonds is 6. The van der Waals surface area contributed by atoms with Gasteiger partial charge in [-0.05, 0) is 30.9 Å². The highest BCUT2D eigenvalue weighted by atomic mass is 19.3. The van der Waals surface area contributed by atoms with Crippen molar-refractivity contribution in [2.45, 2.75) is 31.6 Å². The zero-order valence-electron chi connectivity index (χ0n) is 13.8. The van der Waals surface area contributed by atoms with E-state index < -0.39 is 11.8 Å². The number of carbonyl (C=O) groups is 2. The summed E-state index contributed by atoms with van der Waals surface area (Å²) < 4.78 is 26.7. The number of nitriles is 1. The van der Waals surface area contributed by atoms with Crippen LogP contribution in [0.3, 0.4) is 0 Å². The first kappa shape index (κ1) is 18.8. The molecule has 25 heavy (non-hydrogen) atoms. The van der Waals surface area contributed by atoms with Gasteiger partial charge in [-0.2, -0.15) is 5.26 Å². The Balaban J connectivity index is 2.00. The summed E-state index contributed by atoms with van der Waals surface area (Å²) in [6.07, 6.45) is -0.0731. The minimum Gasteiger partial charge on any atom is -0.351 e. The van der Waals surface area contributed by atoms with Crippen LogP contribution < -0.4 is 10.6 Å². The van der Waals surface area contributed by atoms with Crippen molar-refractivity contribution in [3.63, 3.8) is 0 Å². The molecular formula is C18H21F2N3O2. The van der Waals surface area contributed by atoms with Gasteiger partial charge in [-0.1, -0.05) is 18.2 Å². The number of nitrogens with one attached hydrogen (secondary N) is 2. The molecule has 1 fully saturated rings. The van der Waals surface area contributed by atoms with E-state index in [1.54, 1.807) is 30.3 Å². The van der Waals surface area contributed by atoms with E-state index in [1.807, 2.05) is 6.07 Å². The quantitative estimate of drug-likeness (QED) is 0.774. The number of benzene rings is 1. The molecule has 1 aliphatic carbocycles. The highest BCUT2D eigenvalue weighted by molar-refractivity contribution is 5.94. The van der Waals surface area contributed by atoms with Crippen LogP contribution in [-0.4, -0.2) is 30.8 Å². The Morgan fingerprint density at radius 2 is 1.84 bits per heavy atom. The third kappa shape index (κ3) is 5.52. The summed E-state index contributed by atoms with van der Waals surface area (Å²) in [5.74, 6) is -4.26. The van der Waals surface area contributed by atoms with Crippen LogP contribution in [-0.2, 0) is 4.79 Å². The van der Waals surface area contributed by atoms with Crippen LogP contribution in [0.4, 0.5) is 8.78 Å². The van der Waals surface area contributed by atoms with Crippen LogP contribution in [0, 0.1) is 23.2 Å². The van der Waals surface area contributed by atoms with E-state index in [9.17, 15) is 18.4 Å². The Labute approximate surface area is 145 Å². The van der Waals surface area contributed by atoms with Crippen molar-refractivity contribution in [3.05, 3.63) is 35.9 Å². The van der Waals surface area contributed by atoms with Gasteiger partial charge in [-0.25, -0.2) is 8.78 Å². The molecule has 1 atom stereocenters. The van der Waals surface area contributed by atoms with Crippen molar-refractivity contribution in [1.29, 1.82) is 5.26 Å². The van der Waals surface area contributed by atoms with Crippen molar-refractivity contribution in [1.82, 2.24) is 10.6 Å². The Kier molecular flexibility index (Phi) is 6.45. The number of hydrogen-bond donors (Lipinski definition) is 2. The second-order valence-corrected chi connectivity index (χ2v) is 6.25. The normalized spacial score (nSPS) is 18.0. The molecule has 0 spiro atoms. The molecule has 0 heterocycles. The Hall–Kier alpha value is -2.49. The summed E-state index contributed by atoms with van der Waals surface area (Å²) in [5, 5.41) is 13.8. The molecule has 2 rings (SSSR count). The molecule has 1 unspecified atom stereocenters. The molecule has 0 aliphatic heterocycles. The monoisotopic (exact) mass is 349 g/mol. The van der Waals surface area contributed by atoms with Gasteiger partial charge in [0.15, 0.2) is 0 Å². The molecule has 1 aromatic rings. The van der Waals surface area contributed by atoms with Gasteiger partial charge in [0, 0.05) is 24.9 Å². The third-order valence-electron chi connectivity index (χ3n) is 4.53. The average Bonchev–Trinajstić information content (AvgIpc) is 2.61. The van der Waals surface area contributed by atoms with Gasteiger partial charge in [0.25, 0.3) is 5.91 Å². The van der Waals surface area contributed by atoms with Crippen molar-refractivity contribution in [2.75, 3.05) is 13.1 Å². The van der Waals surface area contributed by atoms with Gasteiger partial charge >= 0.3 is 0 Å². The summed E-state index contributed by atoms with van der Waals surface area (Å²) in [5.41, 5.74) is 0.467. The first-order valence-electron chi connectivity index (χ1n) is 8.29. The Morgan fingerprint density at radius 1 is 1.20 bits per heavy atom. The highest BCUT2D eigenvalue weighted by Gasteiger charge is 2.39. The number of hydrogen-bond acceptors (Lipinski definition) is 3. The van der Waals surface area contributed by atoms with Crippen LogP contribution in [0.1, 0.15) is 36.0 Å². The van der Waals surface area contributed by atoms with E-state index in [2.05, 4.69) is 10.6 Å². The van der Waals surface area contributed by atoms with Gasteiger partial charge in [-0.3, -0.25) is 9.59 Å². The number of nitrogens with zero attached hydrogens (tertiary/aromatic N) is 1. The fourth-order valence-corrected chi connectivity index (χ4v) is 3.09. The third-order valence-corrected chi connectivity index (χ3v) is 4.53. The van der Waals surface area contributed by atoms with E-state index >= 15 is 0 Å². The Morgan fingerprint density at radius 3 is 2.44 bits per heavy atom. The van der Waals surface area contributed by atoms with Gasteiger partial charge in [0.2, 0.25) is 11.8 Å². The lowest BCUT2D eigenvalue weighted by Crippen LogP contribution is -2.44. The van der Waals surface area contributed by atoms with Crippen LogP contribution >= 0.6 is 0 Å². The molecule has 0 bridgehead atoms. The van der Waals surface area contributed by atoms with Crippen molar-refractivity contribution in [3.8, 4) is 6.07 Å². The largest absolute Gasteiger partial charge is 0.351 e. The minimum atomic E-state index is -2.68. The van der Waals surface area contributed by atoms with Gasteiger partial charge in [0.1, 0.15) is 6.54 Å². The predicted octanol–water partition coefficient (Wildman–Crippen LogP) is 2.50. The van der Waals surface area contributed by atoms with Crippen LogP contribution in [0.5, 0.6) is 0 Å². The zero-order valence-corrected chi connectivity index (χ0v) is 13.8. The van der Waals surface area contributed by atoms with Crippen molar-refractivity contribution >= 4 is 11.8 Å². The lowest BCUT2D eigenvalue weighted by Gasteiger charge is -2.33. The predicted molar refractivity (Wildman–Crippen MR) is 87.8 cm³/mol. The maximum atomic E-state index is 13.4. The van der Waals surface area contributed by atoms with Crippen molar-refractivity contribution in [2.24, 2.45) is 11.8 Å². The van der Waals surface area contributed by atoms with Gasteiger partial charge in [0.05, 0.1) is 12.0 Å². The lowest BCUT2D eigenvalue weighted by atomic mass is 9.78. The summed E-state index contributed by atoms with van der Waals surface area (Å²) >= 11 is 0. The molecular weight excluding hydrogens is 328 g/mol. The molecule has 1 saturated carbocycles. The van der Waals surface area contributed by atoms with Crippen LogP contribution in [0.2, 0.25) is 0 Å². The van der Waals surface area contributed by atoms with E-state index in [4.69, 9.17) is 5.26 Å². The molecule has 134 valence electrons. The summed E-state index contributed by atoms with van der Waals surface area (Å²) in [7, 11) is 0. The van der Waals surface area contributed by atoms with Crippen LogP contribution in [0.25, 0.3) is 0 Å². The molecule has 0 saturated heterocycles. The molecule has 0 radical (unpaired) electrons. The fourth-order valence-electron chi connectivity index (χ4n) is 3.09. The molecule has 2 N–H and O–H groups in total. The lowest BCUT2D eigenvalue weighted by molar-refractivity contribution is -0.128. The van der Waals surface area contributed by atoms with E-state index in [0.717, 1.165) is 0 Å². The van der Waals surface area contributed by atoms with Gasteiger partial charge < -0.3 is 10.6 Å². The molecule has 0 aromatic heterocycles. The topological polar surface area (TPSA) is 82.0 Å². The van der Waals surface area contributed by atoms with E-state index in [-0.39, 0.29) is 56.5 Å². The molecule has 5 nitrogen and oxygen atoms in total. The van der Waals surface area contributed by atoms with E-state index in [1.165, 1.54) is 0 Å². The maximum Gasteiger partial charge on any atom is 0.251 e. The average molecular weight is 349 g/mol. The van der Waals surface area contributed by atoms with E-state index in [0.29, 0.717) is 5.56 Å². The SMILES string of the molecule is N#CCNC(=O)C(CNC(=O)c1ccccc1)C1CCC(F)(F)CC1. The summed E-state index contributed by atoms with van der Waals surface area (Å²) in [4.78, 5) is 24.5. The molecule has 7 heteroatoms. The Bertz CT molecular complexity index is 633. The second-order valence-electron chi connectivity index (χ2n) is 6.25. The fraction of sp³-hybridized carbons (Fsp3) is 0.500. The van der Waals surface area contributed by atoms with Gasteiger partial charge in [-0.15, -0.1) is 0 Å². The number of halogens is 2. The standard InChI is InChI=1S/C18H21F2N3O2/c19-18(20)8-6-13(7-9-18)15(17(25)22-11-10-21)12-23-16(24)14-4-2-1-3-5-14/h1-5,13,15H,6-9,11-12H2,(H,22,25)(H,23,24). The summed E-state index contributed by atoms with van der Waals surface area (Å²) in [6.45, 7) is -0.0912. The highest BCUT2D eigenvalue weighted by Crippen LogP contribution is 2.39. The first-order chi connectivity index (χ1) is 11.9. The molecule has 1 aliphatic rings. The zero-order chi connectivity index (χ0) is 18.3. The molecule has 2 amide bonds. The first-order valence-corrected chi connectivity index (χ1v) is 8.29. The van der Waals surface area contributed by atoms with Crippen LogP contribution in [0.15, 0.2) is 30.3 Å². The number of amides is 2. The van der Waals surface area contributed by atoms with Crippen molar-refractivity contribution < 1.29 is 18.4 Å². The number of carbonyl (C=O) groups excluding carboxylic acids is 2. The maximum absolute atomic E-state index is 13.4. The second kappa shape index (κ2) is 8.56. The molecule has 1 aromatic carbocycles.